The predicted octanol–water partition coefficient (Wildman–Crippen LogP) is 6.87. The first-order valence-electron chi connectivity index (χ1n) is 10.7. The zero-order chi connectivity index (χ0) is 22.9. The summed E-state index contributed by atoms with van der Waals surface area (Å²) in [5.74, 6) is 0. The van der Waals surface area contributed by atoms with E-state index in [0.717, 1.165) is 0 Å². The van der Waals surface area contributed by atoms with E-state index in [4.69, 9.17) is 0 Å². The van der Waals surface area contributed by atoms with E-state index in [2.05, 4.69) is 94.4 Å². The molecule has 0 saturated heterocycles. The summed E-state index contributed by atoms with van der Waals surface area (Å²) in [5.41, 5.74) is 2.46. The minimum Gasteiger partial charge on any atom is -0.242 e. The Bertz CT molecular complexity index is 845. The highest BCUT2D eigenvalue weighted by atomic mass is 32.2. The van der Waals surface area contributed by atoms with Gasteiger partial charge in [0.05, 0.1) is 10.8 Å². The Kier molecular flexibility index (Phi) is 7.76. The van der Waals surface area contributed by atoms with Gasteiger partial charge in [-0.2, -0.15) is 0 Å². The third kappa shape index (κ3) is 5.81. The molecule has 0 amide bonds. The summed E-state index contributed by atoms with van der Waals surface area (Å²) in [6, 6.07) is 19.3. The maximum Gasteiger partial charge on any atom is 0.100 e. The monoisotopic (exact) mass is 445 g/mol. The Labute approximate surface area is 188 Å². The molecule has 0 bridgehead atoms. The maximum absolute atomic E-state index is 13.5. The Balaban J connectivity index is 2.77. The van der Waals surface area contributed by atoms with Crippen LogP contribution in [0.5, 0.6) is 0 Å². The molecule has 166 valence electrons. The Morgan fingerprint density at radius 3 is 1.70 bits per heavy atom. The van der Waals surface area contributed by atoms with Crippen LogP contribution in [0, 0.1) is 0 Å². The summed E-state index contributed by atoms with van der Waals surface area (Å²) in [6.07, 6.45) is 0. The van der Waals surface area contributed by atoms with E-state index in [9.17, 15) is 4.21 Å². The molecule has 2 aromatic rings. The fourth-order valence-corrected chi connectivity index (χ4v) is 9.84. The molecular weight excluding hydrogens is 405 g/mol. The third-order valence-electron chi connectivity index (χ3n) is 5.08. The normalized spacial score (nSPS) is 15.5. The summed E-state index contributed by atoms with van der Waals surface area (Å²) in [5, 5.41) is 1.73. The topological polar surface area (TPSA) is 20.3 Å². The molecule has 0 aromatic heterocycles. The number of benzene rings is 2. The molecule has 0 N–H and O–H groups in total. The van der Waals surface area contributed by atoms with Crippen LogP contribution in [0.15, 0.2) is 54.6 Å². The second-order valence-electron chi connectivity index (χ2n) is 11.0. The highest BCUT2D eigenvalue weighted by Crippen LogP contribution is 2.59. The molecule has 0 radical (unpaired) electrons. The molecule has 2 rings (SSSR count). The highest BCUT2D eigenvalue weighted by molar-refractivity contribution is 7.84. The van der Waals surface area contributed by atoms with Gasteiger partial charge in [-0.25, -0.2) is 8.51 Å². The van der Waals surface area contributed by atoms with Crippen LogP contribution in [0.3, 0.4) is 0 Å². The zero-order valence-corrected chi connectivity index (χ0v) is 22.2. The van der Waals surface area contributed by atoms with Gasteiger partial charge in [0.2, 0.25) is 0 Å². The zero-order valence-electron chi connectivity index (χ0n) is 20.5. The van der Waals surface area contributed by atoms with Crippen LogP contribution in [-0.2, 0) is 11.0 Å². The first kappa shape index (κ1) is 25.2. The molecule has 2 atom stereocenters. The van der Waals surface area contributed by atoms with Crippen LogP contribution >= 0.6 is 7.92 Å². The number of rotatable bonds is 5. The van der Waals surface area contributed by atoms with Gasteiger partial charge in [-0.05, 0) is 47.5 Å². The van der Waals surface area contributed by atoms with E-state index >= 15 is 0 Å². The van der Waals surface area contributed by atoms with E-state index in [1.165, 1.54) is 16.4 Å². The Morgan fingerprint density at radius 2 is 1.23 bits per heavy atom. The Hall–Kier alpha value is -1.02. The van der Waals surface area contributed by atoms with Gasteiger partial charge in [0.15, 0.2) is 0 Å². The number of nitrogens with zero attached hydrogens (tertiary/aromatic N) is 1. The molecule has 2 aromatic carbocycles. The highest BCUT2D eigenvalue weighted by Gasteiger charge is 2.39. The van der Waals surface area contributed by atoms with E-state index < -0.39 is 18.9 Å². The molecule has 0 heterocycles. The van der Waals surface area contributed by atoms with Crippen molar-refractivity contribution in [2.75, 3.05) is 7.05 Å². The molecule has 4 heteroatoms. The van der Waals surface area contributed by atoms with Crippen LogP contribution < -0.4 is 5.30 Å². The number of hydrogen-bond donors (Lipinski definition) is 0. The van der Waals surface area contributed by atoms with Gasteiger partial charge in [0.25, 0.3) is 0 Å². The summed E-state index contributed by atoms with van der Waals surface area (Å²) < 4.78 is 15.2. The lowest BCUT2D eigenvalue weighted by atomic mass is 9.99. The van der Waals surface area contributed by atoms with E-state index in [0.29, 0.717) is 0 Å². The van der Waals surface area contributed by atoms with Crippen molar-refractivity contribution < 1.29 is 4.21 Å². The van der Waals surface area contributed by atoms with Gasteiger partial charge in [0, 0.05) is 7.05 Å². The van der Waals surface area contributed by atoms with Crippen LogP contribution in [0.4, 0.5) is 0 Å². The van der Waals surface area contributed by atoms with Crippen molar-refractivity contribution >= 4 is 24.2 Å². The van der Waals surface area contributed by atoms with Crippen molar-refractivity contribution in [3.63, 3.8) is 0 Å². The fraction of sp³-hybridized carbons (Fsp3) is 0.538. The smallest absolute Gasteiger partial charge is 0.100 e. The molecule has 0 saturated carbocycles. The van der Waals surface area contributed by atoms with Gasteiger partial charge in [-0.3, -0.25) is 0 Å². The molecule has 30 heavy (non-hydrogen) atoms. The van der Waals surface area contributed by atoms with Crippen molar-refractivity contribution in [2.24, 2.45) is 0 Å². The minimum atomic E-state index is -1.14. The predicted molar refractivity (Wildman–Crippen MR) is 136 cm³/mol. The lowest BCUT2D eigenvalue weighted by molar-refractivity contribution is 0.441. The molecule has 0 aliphatic carbocycles. The van der Waals surface area contributed by atoms with Crippen molar-refractivity contribution in [3.8, 4) is 0 Å². The van der Waals surface area contributed by atoms with Crippen LogP contribution in [-0.4, -0.2) is 30.6 Å². The second kappa shape index (κ2) is 9.23. The van der Waals surface area contributed by atoms with E-state index in [1.54, 1.807) is 0 Å². The summed E-state index contributed by atoms with van der Waals surface area (Å²) in [7, 11) is 0.391. The van der Waals surface area contributed by atoms with Crippen LogP contribution in [0.25, 0.3) is 0 Å². The first-order valence-corrected chi connectivity index (χ1v) is 13.2. The molecule has 0 unspecified atom stereocenters. The second-order valence-corrected chi connectivity index (χ2v) is 17.1. The third-order valence-corrected chi connectivity index (χ3v) is 10.4. The number of hydrogen-bond acceptors (Lipinski definition) is 1. The average molecular weight is 446 g/mol. The molecular formula is C26H40NOPS. The quantitative estimate of drug-likeness (QED) is 0.460. The fourth-order valence-electron chi connectivity index (χ4n) is 4.40. The molecule has 0 aliphatic heterocycles. The SMILES string of the molecule is CN([C@H](c1ccccc1)c1ccccc1P(C(C)(C)C)C(C)(C)C)[S@](=O)C(C)(C)C. The lowest BCUT2D eigenvalue weighted by Crippen LogP contribution is -2.40. The van der Waals surface area contributed by atoms with Crippen LogP contribution in [0.2, 0.25) is 0 Å². The minimum absolute atomic E-state index is 0.0582. The first-order chi connectivity index (χ1) is 13.7. The standard InChI is InChI=1S/C26H40NOPS/c1-24(2,3)29(25(4,5)6)22-19-15-14-18-21(22)23(20-16-12-11-13-17-20)27(10)30(28)26(7,8)9/h11-19,23H,1-10H3/t23-,30-/m1/s1. The Morgan fingerprint density at radius 1 is 0.767 bits per heavy atom. The summed E-state index contributed by atoms with van der Waals surface area (Å²) >= 11 is 0. The van der Waals surface area contributed by atoms with Crippen LogP contribution in [0.1, 0.15) is 79.5 Å². The van der Waals surface area contributed by atoms with Gasteiger partial charge >= 0.3 is 0 Å². The van der Waals surface area contributed by atoms with Crippen molar-refractivity contribution in [1.82, 2.24) is 4.31 Å². The lowest BCUT2D eigenvalue weighted by Gasteiger charge is -2.44. The average Bonchev–Trinajstić information content (AvgIpc) is 2.60. The van der Waals surface area contributed by atoms with Gasteiger partial charge in [-0.1, -0.05) is 104 Å². The molecule has 0 spiro atoms. The van der Waals surface area contributed by atoms with E-state index in [-0.39, 0.29) is 21.1 Å². The van der Waals surface area contributed by atoms with Gasteiger partial charge in [-0.15, -0.1) is 0 Å². The summed E-state index contributed by atoms with van der Waals surface area (Å²) in [4.78, 5) is 0. The maximum atomic E-state index is 13.5. The van der Waals surface area contributed by atoms with Crippen molar-refractivity contribution in [2.45, 2.75) is 83.4 Å². The van der Waals surface area contributed by atoms with Crippen molar-refractivity contribution in [1.29, 1.82) is 0 Å². The molecule has 0 fully saturated rings. The summed E-state index contributed by atoms with van der Waals surface area (Å²) in [6.45, 7) is 20.3. The largest absolute Gasteiger partial charge is 0.242 e. The molecule has 2 nitrogen and oxygen atoms in total. The van der Waals surface area contributed by atoms with Gasteiger partial charge in [0.1, 0.15) is 11.0 Å². The van der Waals surface area contributed by atoms with Crippen molar-refractivity contribution in [3.05, 3.63) is 65.7 Å². The molecule has 0 aliphatic rings. The van der Waals surface area contributed by atoms with Gasteiger partial charge < -0.3 is 0 Å². The van der Waals surface area contributed by atoms with E-state index in [1.807, 2.05) is 33.9 Å².